The molecule has 0 radical (unpaired) electrons. The molecule has 11 rings (SSSR count). The third-order valence-electron chi connectivity index (χ3n) is 11.7. The fraction of sp³-hybridized carbons (Fsp3) is 0. The van der Waals surface area contributed by atoms with Gasteiger partial charge in [-0.3, -0.25) is 0 Å². The lowest BCUT2D eigenvalue weighted by Gasteiger charge is -2.44. The van der Waals surface area contributed by atoms with Crippen LogP contribution in [0.5, 0.6) is 0 Å². The number of nitrogens with zero attached hydrogens (tertiary/aromatic N) is 2. The molecular formula is C54H37BN2. The summed E-state index contributed by atoms with van der Waals surface area (Å²) in [6, 6.07) is 81.9. The maximum absolute atomic E-state index is 2.49. The van der Waals surface area contributed by atoms with Crippen molar-refractivity contribution in [3.63, 3.8) is 0 Å². The Kier molecular flexibility index (Phi) is 7.96. The average molecular weight is 725 g/mol. The van der Waals surface area contributed by atoms with Crippen molar-refractivity contribution < 1.29 is 0 Å². The number of para-hydroxylation sites is 1. The molecule has 3 heteroatoms. The predicted molar refractivity (Wildman–Crippen MR) is 242 cm³/mol. The van der Waals surface area contributed by atoms with E-state index < -0.39 is 0 Å². The van der Waals surface area contributed by atoms with E-state index >= 15 is 0 Å². The fourth-order valence-corrected chi connectivity index (χ4v) is 9.09. The number of fused-ring (bicyclic) bond motifs is 4. The minimum Gasteiger partial charge on any atom is -0.311 e. The maximum atomic E-state index is 2.49. The molecule has 0 atom stereocenters. The van der Waals surface area contributed by atoms with Crippen molar-refractivity contribution in [2.75, 3.05) is 9.80 Å². The lowest BCUT2D eigenvalue weighted by Crippen LogP contribution is -2.61. The van der Waals surface area contributed by atoms with E-state index in [0.717, 1.165) is 11.4 Å². The van der Waals surface area contributed by atoms with E-state index in [2.05, 4.69) is 234 Å². The van der Waals surface area contributed by atoms with E-state index in [0.29, 0.717) is 0 Å². The minimum absolute atomic E-state index is 0.0411. The second kappa shape index (κ2) is 13.7. The molecule has 0 bridgehead atoms. The Morgan fingerprint density at radius 2 is 0.719 bits per heavy atom. The lowest BCUT2D eigenvalue weighted by atomic mass is 9.33. The van der Waals surface area contributed by atoms with Crippen LogP contribution in [0.1, 0.15) is 0 Å². The van der Waals surface area contributed by atoms with Crippen LogP contribution >= 0.6 is 0 Å². The second-order valence-corrected chi connectivity index (χ2v) is 14.9. The Hall–Kier alpha value is -7.36. The molecular weight excluding hydrogens is 687 g/mol. The molecule has 9 aromatic rings. The van der Waals surface area contributed by atoms with Crippen molar-refractivity contribution in [2.45, 2.75) is 0 Å². The zero-order valence-electron chi connectivity index (χ0n) is 31.3. The zero-order valence-corrected chi connectivity index (χ0v) is 31.3. The smallest absolute Gasteiger partial charge is 0.252 e. The molecule has 9 aromatic carbocycles. The highest BCUT2D eigenvalue weighted by Gasteiger charge is 2.43. The Labute approximate surface area is 334 Å². The van der Waals surface area contributed by atoms with Gasteiger partial charge < -0.3 is 9.80 Å². The van der Waals surface area contributed by atoms with E-state index in [9.17, 15) is 0 Å². The first kappa shape index (κ1) is 33.0. The Balaban J connectivity index is 1.14. The molecule has 2 nitrogen and oxygen atoms in total. The van der Waals surface area contributed by atoms with Gasteiger partial charge in [0, 0.05) is 34.1 Å². The highest BCUT2D eigenvalue weighted by molar-refractivity contribution is 7.00. The summed E-state index contributed by atoms with van der Waals surface area (Å²) < 4.78 is 0. The van der Waals surface area contributed by atoms with Crippen molar-refractivity contribution in [3.05, 3.63) is 224 Å². The third kappa shape index (κ3) is 5.59. The van der Waals surface area contributed by atoms with Crippen molar-refractivity contribution in [2.24, 2.45) is 0 Å². The average Bonchev–Trinajstić information content (AvgIpc) is 3.30. The summed E-state index contributed by atoms with van der Waals surface area (Å²) in [7, 11) is 0. The van der Waals surface area contributed by atoms with Gasteiger partial charge in [0.2, 0.25) is 0 Å². The van der Waals surface area contributed by atoms with Crippen LogP contribution in [0.15, 0.2) is 224 Å². The van der Waals surface area contributed by atoms with Gasteiger partial charge in [0.25, 0.3) is 6.71 Å². The van der Waals surface area contributed by atoms with Gasteiger partial charge in [0.15, 0.2) is 0 Å². The normalized spacial score (nSPS) is 12.5. The van der Waals surface area contributed by atoms with Crippen LogP contribution in [0, 0.1) is 0 Å². The van der Waals surface area contributed by atoms with Crippen LogP contribution in [0.25, 0.3) is 44.5 Å². The quantitative estimate of drug-likeness (QED) is 0.158. The van der Waals surface area contributed by atoms with Gasteiger partial charge in [-0.25, -0.2) is 0 Å². The van der Waals surface area contributed by atoms with Gasteiger partial charge in [-0.2, -0.15) is 0 Å². The summed E-state index contributed by atoms with van der Waals surface area (Å²) in [6.07, 6.45) is 0. The van der Waals surface area contributed by atoms with E-state index in [-0.39, 0.29) is 6.71 Å². The molecule has 0 saturated heterocycles. The molecule has 0 fully saturated rings. The molecule has 0 aromatic heterocycles. The van der Waals surface area contributed by atoms with Gasteiger partial charge in [-0.15, -0.1) is 0 Å². The van der Waals surface area contributed by atoms with Gasteiger partial charge in [0.05, 0.1) is 0 Å². The van der Waals surface area contributed by atoms with Gasteiger partial charge in [-0.05, 0) is 109 Å². The van der Waals surface area contributed by atoms with E-state index in [1.807, 2.05) is 0 Å². The summed E-state index contributed by atoms with van der Waals surface area (Å²) in [4.78, 5) is 4.98. The van der Waals surface area contributed by atoms with Crippen LogP contribution in [-0.4, -0.2) is 6.71 Å². The summed E-state index contributed by atoms with van der Waals surface area (Å²) >= 11 is 0. The monoisotopic (exact) mass is 724 g/mol. The largest absolute Gasteiger partial charge is 0.311 e. The molecule has 2 aliphatic heterocycles. The van der Waals surface area contributed by atoms with Crippen molar-refractivity contribution in [1.29, 1.82) is 0 Å². The van der Waals surface area contributed by atoms with E-state index in [4.69, 9.17) is 0 Å². The highest BCUT2D eigenvalue weighted by Crippen LogP contribution is 2.46. The molecule has 0 N–H and O–H groups in total. The molecule has 0 saturated carbocycles. The summed E-state index contributed by atoms with van der Waals surface area (Å²) in [5.74, 6) is 0. The SMILES string of the molecule is c1ccc(-c2ccc(N3c4ccc(-c5ccccc5)cc4B4c5ccccc5N(c5ccc(-c6ccccc6)c(-c6ccccc6)c5)c5cccc3c54)cc2)cc1. The van der Waals surface area contributed by atoms with Crippen LogP contribution in [-0.2, 0) is 0 Å². The Bertz CT molecular complexity index is 2890. The standard InChI is InChI=1S/C54H37BN2/c1-5-16-38(17-6-1)40-28-31-44(32-29-40)56-51-35-30-43(39-18-7-2-8-19-39)36-49(51)55-48-24-13-14-25-50(48)57(53-27-15-26-52(56)54(53)55)45-33-34-46(41-20-9-3-10-21-41)47(37-45)42-22-11-4-12-23-42/h1-37H. The number of benzene rings is 9. The number of rotatable bonds is 6. The first-order chi connectivity index (χ1) is 28.3. The first-order valence-electron chi connectivity index (χ1n) is 19.7. The van der Waals surface area contributed by atoms with Crippen LogP contribution < -0.4 is 26.2 Å². The van der Waals surface area contributed by atoms with E-state index in [1.54, 1.807) is 0 Å². The van der Waals surface area contributed by atoms with E-state index in [1.165, 1.54) is 83.6 Å². The highest BCUT2D eigenvalue weighted by atomic mass is 15.2. The summed E-state index contributed by atoms with van der Waals surface area (Å²) in [6.45, 7) is 0.0411. The molecule has 0 unspecified atom stereocenters. The number of hydrogen-bond acceptors (Lipinski definition) is 2. The maximum Gasteiger partial charge on any atom is 0.252 e. The molecule has 0 spiro atoms. The van der Waals surface area contributed by atoms with Crippen molar-refractivity contribution in [3.8, 4) is 44.5 Å². The first-order valence-corrected chi connectivity index (χ1v) is 19.7. The van der Waals surface area contributed by atoms with Gasteiger partial charge in [-0.1, -0.05) is 176 Å². The Morgan fingerprint density at radius 1 is 0.263 bits per heavy atom. The summed E-state index contributed by atoms with van der Waals surface area (Å²) in [5, 5.41) is 0. The molecule has 57 heavy (non-hydrogen) atoms. The predicted octanol–water partition coefficient (Wildman–Crippen LogP) is 12.4. The van der Waals surface area contributed by atoms with Gasteiger partial charge >= 0.3 is 0 Å². The molecule has 0 amide bonds. The van der Waals surface area contributed by atoms with Crippen molar-refractivity contribution in [1.82, 2.24) is 0 Å². The third-order valence-corrected chi connectivity index (χ3v) is 11.7. The lowest BCUT2D eigenvalue weighted by molar-refractivity contribution is 1.25. The van der Waals surface area contributed by atoms with Gasteiger partial charge in [0.1, 0.15) is 0 Å². The second-order valence-electron chi connectivity index (χ2n) is 14.9. The molecule has 0 aliphatic carbocycles. The fourth-order valence-electron chi connectivity index (χ4n) is 9.09. The van der Waals surface area contributed by atoms with Crippen LogP contribution in [0.2, 0.25) is 0 Å². The number of anilines is 6. The van der Waals surface area contributed by atoms with Crippen LogP contribution in [0.3, 0.4) is 0 Å². The molecule has 2 heterocycles. The van der Waals surface area contributed by atoms with Crippen molar-refractivity contribution >= 4 is 57.2 Å². The number of hydrogen-bond donors (Lipinski definition) is 0. The molecule has 2 aliphatic rings. The zero-order chi connectivity index (χ0) is 37.7. The summed E-state index contributed by atoms with van der Waals surface area (Å²) in [5.41, 5.74) is 20.7. The minimum atomic E-state index is 0.0411. The Morgan fingerprint density at radius 3 is 1.37 bits per heavy atom. The topological polar surface area (TPSA) is 6.48 Å². The molecule has 266 valence electrons. The van der Waals surface area contributed by atoms with Crippen LogP contribution in [0.4, 0.5) is 34.1 Å².